The maximum Gasteiger partial charge on any atom is 0.0609 e. The maximum absolute atomic E-state index is 5.95. The minimum atomic E-state index is 0.241. The summed E-state index contributed by atoms with van der Waals surface area (Å²) in [4.78, 5) is 3.62. The van der Waals surface area contributed by atoms with Gasteiger partial charge < -0.3 is 0 Å². The van der Waals surface area contributed by atoms with Gasteiger partial charge in [0, 0.05) is 9.78 Å². The largest absolute Gasteiger partial charge is 0.143 e. The first-order valence-corrected chi connectivity index (χ1v) is 11.3. The number of thiocarbonyl (C=S) groups is 1. The van der Waals surface area contributed by atoms with Gasteiger partial charge in [0.05, 0.1) is 10.1 Å². The Morgan fingerprint density at radius 1 is 0.889 bits per heavy atom. The zero-order valence-electron chi connectivity index (χ0n) is 14.7. The Bertz CT molecular complexity index is 1060. The Morgan fingerprint density at radius 2 is 1.70 bits per heavy atom. The molecule has 0 saturated heterocycles. The van der Waals surface area contributed by atoms with E-state index in [2.05, 4.69) is 78.2 Å². The van der Waals surface area contributed by atoms with Gasteiger partial charge in [0.15, 0.2) is 0 Å². The molecule has 3 heteroatoms. The van der Waals surface area contributed by atoms with Crippen molar-refractivity contribution in [3.05, 3.63) is 111 Å². The minimum Gasteiger partial charge on any atom is -0.143 e. The van der Waals surface area contributed by atoms with E-state index >= 15 is 0 Å². The van der Waals surface area contributed by atoms with Crippen LogP contribution in [0, 0.1) is 0 Å². The molecule has 0 spiro atoms. The van der Waals surface area contributed by atoms with Crippen molar-refractivity contribution in [1.82, 2.24) is 0 Å². The quantitative estimate of drug-likeness (QED) is 0.334. The van der Waals surface area contributed by atoms with E-state index in [9.17, 15) is 0 Å². The van der Waals surface area contributed by atoms with E-state index in [0.717, 1.165) is 17.7 Å². The van der Waals surface area contributed by atoms with Gasteiger partial charge in [0.1, 0.15) is 0 Å². The van der Waals surface area contributed by atoms with Crippen LogP contribution in [-0.4, -0.2) is 4.86 Å². The molecule has 0 bridgehead atoms. The Balaban J connectivity index is 1.65. The molecule has 0 nitrogen and oxygen atoms in total. The van der Waals surface area contributed by atoms with Crippen LogP contribution in [0.1, 0.15) is 33.2 Å². The SMILES string of the molecule is S=C(C1=CC2=C(SC1c1ccccc1)c1ccccc1CC2)c1cccs1. The summed E-state index contributed by atoms with van der Waals surface area (Å²) in [6.07, 6.45) is 4.60. The molecule has 0 saturated carbocycles. The first-order chi connectivity index (χ1) is 13.3. The monoisotopic (exact) mass is 402 g/mol. The van der Waals surface area contributed by atoms with Crippen LogP contribution in [0.3, 0.4) is 0 Å². The second kappa shape index (κ2) is 7.23. The molecule has 1 aliphatic heterocycles. The molecule has 27 heavy (non-hydrogen) atoms. The summed E-state index contributed by atoms with van der Waals surface area (Å²) in [5, 5.41) is 2.35. The lowest BCUT2D eigenvalue weighted by molar-refractivity contribution is 0.941. The smallest absolute Gasteiger partial charge is 0.0609 e. The minimum absolute atomic E-state index is 0.241. The van der Waals surface area contributed by atoms with Crippen LogP contribution >= 0.6 is 35.3 Å². The number of rotatable bonds is 3. The van der Waals surface area contributed by atoms with Crippen molar-refractivity contribution in [1.29, 1.82) is 0 Å². The fraction of sp³-hybridized carbons (Fsp3) is 0.125. The summed E-state index contributed by atoms with van der Waals surface area (Å²) in [5.74, 6) is 0. The van der Waals surface area contributed by atoms with Crippen LogP contribution in [0.15, 0.2) is 89.3 Å². The van der Waals surface area contributed by atoms with Crippen LogP contribution < -0.4 is 0 Å². The van der Waals surface area contributed by atoms with Crippen molar-refractivity contribution in [3.63, 3.8) is 0 Å². The molecule has 1 aromatic heterocycles. The molecule has 0 amide bonds. The average Bonchev–Trinajstić information content (AvgIpc) is 3.28. The van der Waals surface area contributed by atoms with Gasteiger partial charge in [-0.05, 0) is 52.1 Å². The highest BCUT2D eigenvalue weighted by Crippen LogP contribution is 2.53. The predicted molar refractivity (Wildman–Crippen MR) is 123 cm³/mol. The molecule has 0 fully saturated rings. The Morgan fingerprint density at radius 3 is 2.52 bits per heavy atom. The van der Waals surface area contributed by atoms with Gasteiger partial charge in [-0.2, -0.15) is 0 Å². The third kappa shape index (κ3) is 3.14. The number of aryl methyl sites for hydroxylation is 1. The van der Waals surface area contributed by atoms with Gasteiger partial charge >= 0.3 is 0 Å². The average molecular weight is 403 g/mol. The lowest BCUT2D eigenvalue weighted by Crippen LogP contribution is -2.15. The molecule has 2 aliphatic rings. The van der Waals surface area contributed by atoms with Gasteiger partial charge in [-0.3, -0.25) is 0 Å². The normalized spacial score (nSPS) is 18.5. The number of hydrogen-bond donors (Lipinski definition) is 0. The number of hydrogen-bond acceptors (Lipinski definition) is 3. The number of allylic oxidation sites excluding steroid dienone is 2. The molecular formula is C24H18S3. The standard InChI is InChI=1S/C24H18S3/c25-22(21-11-6-14-26-21)20-15-18-13-12-16-7-4-5-10-19(16)24(18)27-23(20)17-8-2-1-3-9-17/h1-11,14-15,23H,12-13H2. The molecule has 5 rings (SSSR count). The van der Waals surface area contributed by atoms with Gasteiger partial charge in [0.2, 0.25) is 0 Å². The summed E-state index contributed by atoms with van der Waals surface area (Å²) in [5.41, 5.74) is 6.92. The van der Waals surface area contributed by atoms with Crippen molar-refractivity contribution >= 4 is 45.1 Å². The molecule has 3 aromatic rings. The van der Waals surface area contributed by atoms with Crippen molar-refractivity contribution in [3.8, 4) is 0 Å². The molecular weight excluding hydrogens is 384 g/mol. The van der Waals surface area contributed by atoms with Gasteiger partial charge in [-0.15, -0.1) is 23.1 Å². The number of benzene rings is 2. The highest BCUT2D eigenvalue weighted by Gasteiger charge is 2.31. The van der Waals surface area contributed by atoms with E-state index in [4.69, 9.17) is 12.2 Å². The number of thioether (sulfide) groups is 1. The van der Waals surface area contributed by atoms with E-state index in [1.165, 1.54) is 37.6 Å². The molecule has 2 aromatic carbocycles. The van der Waals surface area contributed by atoms with Gasteiger partial charge in [0.25, 0.3) is 0 Å². The Kier molecular flexibility index (Phi) is 4.60. The third-order valence-electron chi connectivity index (χ3n) is 5.17. The van der Waals surface area contributed by atoms with E-state index in [1.54, 1.807) is 11.3 Å². The highest BCUT2D eigenvalue weighted by molar-refractivity contribution is 8.08. The van der Waals surface area contributed by atoms with Crippen molar-refractivity contribution in [2.75, 3.05) is 0 Å². The fourth-order valence-corrected chi connectivity index (χ4v) is 6.48. The number of thiophene rings is 1. The molecule has 0 N–H and O–H groups in total. The molecule has 1 unspecified atom stereocenters. The second-order valence-electron chi connectivity index (χ2n) is 6.83. The first-order valence-electron chi connectivity index (χ1n) is 9.14. The molecule has 0 radical (unpaired) electrons. The summed E-state index contributed by atoms with van der Waals surface area (Å²) in [6.45, 7) is 0. The van der Waals surface area contributed by atoms with E-state index in [0.29, 0.717) is 0 Å². The Labute approximate surface area is 173 Å². The maximum atomic E-state index is 5.95. The molecule has 132 valence electrons. The van der Waals surface area contributed by atoms with Crippen LogP contribution in [0.4, 0.5) is 0 Å². The van der Waals surface area contributed by atoms with E-state index < -0.39 is 0 Å². The second-order valence-corrected chi connectivity index (χ2v) is 9.30. The topological polar surface area (TPSA) is 0 Å². The van der Waals surface area contributed by atoms with Crippen molar-refractivity contribution in [2.24, 2.45) is 0 Å². The first kappa shape index (κ1) is 17.2. The lowest BCUT2D eigenvalue weighted by Gasteiger charge is -2.32. The van der Waals surface area contributed by atoms with Crippen LogP contribution in [-0.2, 0) is 6.42 Å². The van der Waals surface area contributed by atoms with Crippen LogP contribution in [0.25, 0.3) is 4.91 Å². The fourth-order valence-electron chi connectivity index (χ4n) is 3.85. The summed E-state index contributed by atoms with van der Waals surface area (Å²) >= 11 is 9.65. The third-order valence-corrected chi connectivity index (χ3v) is 8.13. The Hall–Kier alpha value is -1.94. The predicted octanol–water partition coefficient (Wildman–Crippen LogP) is 7.24. The lowest BCUT2D eigenvalue weighted by atomic mass is 9.89. The van der Waals surface area contributed by atoms with Crippen molar-refractivity contribution in [2.45, 2.75) is 18.1 Å². The van der Waals surface area contributed by atoms with Gasteiger partial charge in [-0.1, -0.05) is 79.0 Å². The number of fused-ring (bicyclic) bond motifs is 2. The zero-order valence-corrected chi connectivity index (χ0v) is 17.2. The highest BCUT2D eigenvalue weighted by atomic mass is 32.2. The van der Waals surface area contributed by atoms with E-state index in [-0.39, 0.29) is 5.25 Å². The van der Waals surface area contributed by atoms with Crippen LogP contribution in [0.5, 0.6) is 0 Å². The summed E-state index contributed by atoms with van der Waals surface area (Å²) in [6, 6.07) is 23.9. The summed E-state index contributed by atoms with van der Waals surface area (Å²) < 4.78 is 0. The zero-order chi connectivity index (χ0) is 18.2. The molecule has 2 heterocycles. The van der Waals surface area contributed by atoms with Crippen LogP contribution in [0.2, 0.25) is 0 Å². The summed E-state index contributed by atoms with van der Waals surface area (Å²) in [7, 11) is 0. The van der Waals surface area contributed by atoms with Gasteiger partial charge in [-0.25, -0.2) is 0 Å². The molecule has 1 aliphatic carbocycles. The van der Waals surface area contributed by atoms with Crippen molar-refractivity contribution < 1.29 is 0 Å². The van der Waals surface area contributed by atoms with E-state index in [1.807, 2.05) is 11.8 Å². The molecule has 1 atom stereocenters.